The highest BCUT2D eigenvalue weighted by Gasteiger charge is 2.16. The number of aromatic amines is 1. The molecular weight excluding hydrogens is 334 g/mol. The molecule has 1 aromatic heterocycles. The molecule has 1 unspecified atom stereocenters. The van der Waals surface area contributed by atoms with Gasteiger partial charge >= 0.3 is 0 Å². The molecule has 0 aliphatic rings. The van der Waals surface area contributed by atoms with E-state index in [4.69, 9.17) is 5.73 Å². The highest BCUT2D eigenvalue weighted by molar-refractivity contribution is 6.00. The lowest BCUT2D eigenvalue weighted by molar-refractivity contribution is 0.0939. The van der Waals surface area contributed by atoms with Crippen molar-refractivity contribution < 1.29 is 4.79 Å². The summed E-state index contributed by atoms with van der Waals surface area (Å²) < 4.78 is 0. The van der Waals surface area contributed by atoms with Crippen LogP contribution < -0.4 is 11.1 Å². The number of benzene rings is 3. The Morgan fingerprint density at radius 2 is 1.85 bits per heavy atom. The summed E-state index contributed by atoms with van der Waals surface area (Å²) in [6.07, 6.45) is 0. The molecule has 0 radical (unpaired) electrons. The van der Waals surface area contributed by atoms with Crippen molar-refractivity contribution in [3.8, 4) is 0 Å². The lowest BCUT2D eigenvalue weighted by Gasteiger charge is -2.17. The maximum absolute atomic E-state index is 13.0. The van der Waals surface area contributed by atoms with Gasteiger partial charge in [-0.1, -0.05) is 42.5 Å². The zero-order valence-corrected chi connectivity index (χ0v) is 15.5. The van der Waals surface area contributed by atoms with Gasteiger partial charge in [0, 0.05) is 23.3 Å². The van der Waals surface area contributed by atoms with Gasteiger partial charge in [-0.2, -0.15) is 0 Å². The molecule has 4 rings (SSSR count). The van der Waals surface area contributed by atoms with Crippen molar-refractivity contribution in [3.05, 3.63) is 83.0 Å². The summed E-state index contributed by atoms with van der Waals surface area (Å²) in [6, 6.07) is 20.3. The summed E-state index contributed by atoms with van der Waals surface area (Å²) in [7, 11) is 0. The van der Waals surface area contributed by atoms with Gasteiger partial charge in [-0.25, -0.2) is 0 Å². The van der Waals surface area contributed by atoms with E-state index in [2.05, 4.69) is 34.6 Å². The van der Waals surface area contributed by atoms with Gasteiger partial charge < -0.3 is 16.0 Å². The molecule has 1 heterocycles. The van der Waals surface area contributed by atoms with Gasteiger partial charge in [-0.15, -0.1) is 0 Å². The maximum Gasteiger partial charge on any atom is 0.252 e. The third kappa shape index (κ3) is 3.20. The Hall–Kier alpha value is -3.11. The van der Waals surface area contributed by atoms with Crippen molar-refractivity contribution in [3.63, 3.8) is 0 Å². The SMILES string of the molecule is Cc1cc2cc(CN)[nH]c2cc1C(=O)NC(C)c1cccc2ccccc12. The highest BCUT2D eigenvalue weighted by Crippen LogP contribution is 2.25. The minimum absolute atomic E-state index is 0.0706. The van der Waals surface area contributed by atoms with Gasteiger partial charge in [0.1, 0.15) is 0 Å². The van der Waals surface area contributed by atoms with Crippen LogP contribution in [0, 0.1) is 6.92 Å². The van der Waals surface area contributed by atoms with E-state index in [1.807, 2.05) is 50.2 Å². The maximum atomic E-state index is 13.0. The summed E-state index contributed by atoms with van der Waals surface area (Å²) in [5, 5.41) is 6.57. The van der Waals surface area contributed by atoms with Crippen LogP contribution in [-0.2, 0) is 6.54 Å². The van der Waals surface area contributed by atoms with Crippen LogP contribution >= 0.6 is 0 Å². The number of hydrogen-bond donors (Lipinski definition) is 3. The molecule has 27 heavy (non-hydrogen) atoms. The fraction of sp³-hybridized carbons (Fsp3) is 0.174. The molecule has 4 heteroatoms. The normalized spacial score (nSPS) is 12.4. The van der Waals surface area contributed by atoms with Crippen molar-refractivity contribution in [2.24, 2.45) is 5.73 Å². The van der Waals surface area contributed by atoms with Crippen molar-refractivity contribution in [2.45, 2.75) is 26.4 Å². The second kappa shape index (κ2) is 6.89. The van der Waals surface area contributed by atoms with Crippen LogP contribution in [0.15, 0.2) is 60.7 Å². The number of fused-ring (bicyclic) bond motifs is 2. The second-order valence-electron chi connectivity index (χ2n) is 7.02. The van der Waals surface area contributed by atoms with Crippen LogP contribution in [0.1, 0.15) is 40.1 Å². The molecule has 0 saturated heterocycles. The molecule has 0 spiro atoms. The summed E-state index contributed by atoms with van der Waals surface area (Å²) >= 11 is 0. The van der Waals surface area contributed by atoms with Crippen LogP contribution in [0.2, 0.25) is 0 Å². The molecule has 136 valence electrons. The quantitative estimate of drug-likeness (QED) is 0.500. The third-order valence-corrected chi connectivity index (χ3v) is 5.12. The number of amides is 1. The van der Waals surface area contributed by atoms with Crippen LogP contribution in [0.4, 0.5) is 0 Å². The van der Waals surface area contributed by atoms with E-state index >= 15 is 0 Å². The third-order valence-electron chi connectivity index (χ3n) is 5.12. The Bertz CT molecular complexity index is 1140. The Balaban J connectivity index is 1.65. The first-order chi connectivity index (χ1) is 13.1. The van der Waals surface area contributed by atoms with E-state index in [9.17, 15) is 4.79 Å². The number of carbonyl (C=O) groups is 1. The molecule has 4 N–H and O–H groups in total. The Labute approximate surface area is 158 Å². The Kier molecular flexibility index (Phi) is 4.42. The fourth-order valence-electron chi connectivity index (χ4n) is 3.69. The number of H-pyrrole nitrogens is 1. The second-order valence-corrected chi connectivity index (χ2v) is 7.02. The Morgan fingerprint density at radius 1 is 1.07 bits per heavy atom. The largest absolute Gasteiger partial charge is 0.357 e. The fourth-order valence-corrected chi connectivity index (χ4v) is 3.69. The first-order valence-corrected chi connectivity index (χ1v) is 9.17. The van der Waals surface area contributed by atoms with Crippen molar-refractivity contribution >= 4 is 27.6 Å². The predicted molar refractivity (Wildman–Crippen MR) is 111 cm³/mol. The van der Waals surface area contributed by atoms with Crippen LogP contribution in [0.3, 0.4) is 0 Å². The molecule has 1 amide bonds. The van der Waals surface area contributed by atoms with E-state index in [-0.39, 0.29) is 11.9 Å². The lowest BCUT2D eigenvalue weighted by Crippen LogP contribution is -2.27. The lowest BCUT2D eigenvalue weighted by atomic mass is 9.99. The Morgan fingerprint density at radius 3 is 2.67 bits per heavy atom. The molecule has 0 fully saturated rings. The van der Waals surface area contributed by atoms with Crippen molar-refractivity contribution in [1.82, 2.24) is 10.3 Å². The molecule has 0 bridgehead atoms. The molecule has 0 saturated carbocycles. The zero-order valence-electron chi connectivity index (χ0n) is 15.5. The minimum atomic E-state index is -0.0954. The first kappa shape index (κ1) is 17.3. The monoisotopic (exact) mass is 357 g/mol. The molecule has 0 aliphatic carbocycles. The van der Waals surface area contributed by atoms with Gasteiger partial charge in [0.2, 0.25) is 0 Å². The molecule has 0 aliphatic heterocycles. The number of nitrogens with two attached hydrogens (primary N) is 1. The number of aromatic nitrogens is 1. The van der Waals surface area contributed by atoms with Gasteiger partial charge in [0.15, 0.2) is 0 Å². The molecular formula is C23H23N3O. The average Bonchev–Trinajstić information content (AvgIpc) is 3.08. The topological polar surface area (TPSA) is 70.9 Å². The zero-order chi connectivity index (χ0) is 19.0. The van der Waals surface area contributed by atoms with Crippen molar-refractivity contribution in [1.29, 1.82) is 0 Å². The van der Waals surface area contributed by atoms with E-state index in [1.54, 1.807) is 0 Å². The van der Waals surface area contributed by atoms with E-state index < -0.39 is 0 Å². The van der Waals surface area contributed by atoms with Gasteiger partial charge in [0.05, 0.1) is 6.04 Å². The van der Waals surface area contributed by atoms with Crippen LogP contribution in [0.25, 0.3) is 21.7 Å². The number of rotatable bonds is 4. The first-order valence-electron chi connectivity index (χ1n) is 9.17. The van der Waals surface area contributed by atoms with Crippen LogP contribution in [0.5, 0.6) is 0 Å². The standard InChI is InChI=1S/C23H23N3O/c1-14-10-17-11-18(13-24)26-22(17)12-21(14)23(27)25-15(2)19-9-5-7-16-6-3-4-8-20(16)19/h3-12,15,26H,13,24H2,1-2H3,(H,25,27). The number of aryl methyl sites for hydroxylation is 1. The summed E-state index contributed by atoms with van der Waals surface area (Å²) in [5.41, 5.74) is 10.4. The van der Waals surface area contributed by atoms with E-state index in [0.717, 1.165) is 33.1 Å². The summed E-state index contributed by atoms with van der Waals surface area (Å²) in [6.45, 7) is 4.44. The van der Waals surface area contributed by atoms with Gasteiger partial charge in [-0.3, -0.25) is 4.79 Å². The van der Waals surface area contributed by atoms with Crippen molar-refractivity contribution in [2.75, 3.05) is 0 Å². The molecule has 4 aromatic rings. The van der Waals surface area contributed by atoms with Gasteiger partial charge in [0.25, 0.3) is 5.91 Å². The number of nitrogens with one attached hydrogen (secondary N) is 2. The average molecular weight is 357 g/mol. The smallest absolute Gasteiger partial charge is 0.252 e. The molecule has 1 atom stereocenters. The molecule has 4 nitrogen and oxygen atoms in total. The molecule has 3 aromatic carbocycles. The highest BCUT2D eigenvalue weighted by atomic mass is 16.1. The van der Waals surface area contributed by atoms with Gasteiger partial charge in [-0.05, 0) is 59.3 Å². The van der Waals surface area contributed by atoms with Crippen LogP contribution in [-0.4, -0.2) is 10.9 Å². The summed E-state index contributed by atoms with van der Waals surface area (Å²) in [4.78, 5) is 16.2. The van der Waals surface area contributed by atoms with E-state index in [1.165, 1.54) is 5.39 Å². The predicted octanol–water partition coefficient (Wildman–Crippen LogP) is 4.58. The minimum Gasteiger partial charge on any atom is -0.357 e. The number of carbonyl (C=O) groups excluding carboxylic acids is 1. The van der Waals surface area contributed by atoms with E-state index in [0.29, 0.717) is 12.1 Å². The summed E-state index contributed by atoms with van der Waals surface area (Å²) in [5.74, 6) is -0.0706. The number of hydrogen-bond acceptors (Lipinski definition) is 2.